The van der Waals surface area contributed by atoms with Gasteiger partial charge in [-0.05, 0) is 41.8 Å². The summed E-state index contributed by atoms with van der Waals surface area (Å²) in [6, 6.07) is 6.74. The maximum absolute atomic E-state index is 6.24. The summed E-state index contributed by atoms with van der Waals surface area (Å²) in [5.41, 5.74) is 7.85. The van der Waals surface area contributed by atoms with E-state index in [1.807, 2.05) is 6.07 Å². The summed E-state index contributed by atoms with van der Waals surface area (Å²) in [5.74, 6) is 0.706. The van der Waals surface area contributed by atoms with Gasteiger partial charge in [0.25, 0.3) is 0 Å². The summed E-state index contributed by atoms with van der Waals surface area (Å²) >= 11 is 12.2. The summed E-state index contributed by atoms with van der Waals surface area (Å²) in [4.78, 5) is 4.16. The highest BCUT2D eigenvalue weighted by Crippen LogP contribution is 2.29. The zero-order valence-electron chi connectivity index (χ0n) is 11.1. The second-order valence-electron chi connectivity index (χ2n) is 4.45. The second-order valence-corrected chi connectivity index (χ2v) is 5.29. The smallest absolute Gasteiger partial charge is 0.137 e. The van der Waals surface area contributed by atoms with Crippen LogP contribution in [0.5, 0.6) is 5.75 Å². The zero-order valence-corrected chi connectivity index (χ0v) is 12.7. The zero-order chi connectivity index (χ0) is 14.5. The first kappa shape index (κ1) is 15.1. The van der Waals surface area contributed by atoms with Crippen molar-refractivity contribution < 1.29 is 4.74 Å². The van der Waals surface area contributed by atoms with E-state index in [1.54, 1.807) is 30.6 Å². The Labute approximate surface area is 128 Å². The van der Waals surface area contributed by atoms with Crippen molar-refractivity contribution in [1.29, 1.82) is 0 Å². The van der Waals surface area contributed by atoms with Gasteiger partial charge in [-0.3, -0.25) is 4.98 Å². The number of nitrogens with two attached hydrogens (primary N) is 1. The Hall–Kier alpha value is -1.29. The maximum atomic E-state index is 6.24. The van der Waals surface area contributed by atoms with Gasteiger partial charge < -0.3 is 10.5 Å². The van der Waals surface area contributed by atoms with Crippen LogP contribution in [0.4, 0.5) is 0 Å². The molecule has 0 saturated carbocycles. The average Bonchev–Trinajstić information content (AvgIpc) is 2.47. The number of benzene rings is 1. The highest BCUT2D eigenvalue weighted by atomic mass is 35.5. The molecule has 1 unspecified atom stereocenters. The Morgan fingerprint density at radius 3 is 2.80 bits per heavy atom. The molecule has 0 saturated heterocycles. The van der Waals surface area contributed by atoms with Crippen molar-refractivity contribution >= 4 is 23.2 Å². The molecule has 0 fully saturated rings. The molecule has 0 aliphatic heterocycles. The molecule has 2 rings (SSSR count). The van der Waals surface area contributed by atoms with Crippen molar-refractivity contribution in [3.05, 3.63) is 57.8 Å². The lowest BCUT2D eigenvalue weighted by Gasteiger charge is -2.15. The van der Waals surface area contributed by atoms with Gasteiger partial charge in [0.2, 0.25) is 0 Å². The highest BCUT2D eigenvalue weighted by Gasteiger charge is 2.14. The molecule has 106 valence electrons. The van der Waals surface area contributed by atoms with Crippen LogP contribution in [0.1, 0.15) is 30.5 Å². The first-order chi connectivity index (χ1) is 9.61. The minimum atomic E-state index is -0.390. The van der Waals surface area contributed by atoms with E-state index in [0.29, 0.717) is 22.4 Å². The Bertz CT molecular complexity index is 590. The molecule has 1 aromatic heterocycles. The number of aromatic nitrogens is 1. The van der Waals surface area contributed by atoms with Gasteiger partial charge in [-0.25, -0.2) is 0 Å². The van der Waals surface area contributed by atoms with Crippen LogP contribution in [0, 0.1) is 0 Å². The lowest BCUT2D eigenvalue weighted by molar-refractivity contribution is 0.315. The fraction of sp³-hybridized carbons (Fsp3) is 0.267. The van der Waals surface area contributed by atoms with Crippen LogP contribution < -0.4 is 10.5 Å². The molecule has 0 bridgehead atoms. The van der Waals surface area contributed by atoms with E-state index in [-0.39, 0.29) is 6.04 Å². The van der Waals surface area contributed by atoms with Gasteiger partial charge in [0.05, 0.1) is 18.8 Å². The van der Waals surface area contributed by atoms with E-state index in [9.17, 15) is 0 Å². The van der Waals surface area contributed by atoms with Crippen LogP contribution in [0.3, 0.4) is 0 Å². The molecule has 0 amide bonds. The molecule has 3 nitrogen and oxygen atoms in total. The molecule has 0 aliphatic carbocycles. The van der Waals surface area contributed by atoms with Crippen molar-refractivity contribution in [2.75, 3.05) is 6.61 Å². The third-order valence-electron chi connectivity index (χ3n) is 2.86. The fourth-order valence-corrected chi connectivity index (χ4v) is 2.25. The molecular weight excluding hydrogens is 295 g/mol. The Kier molecular flexibility index (Phi) is 5.24. The molecule has 2 aromatic rings. The molecule has 5 heteroatoms. The Morgan fingerprint density at radius 2 is 2.05 bits per heavy atom. The summed E-state index contributed by atoms with van der Waals surface area (Å²) in [6.07, 6.45) is 4.32. The molecule has 1 heterocycles. The van der Waals surface area contributed by atoms with Crippen LogP contribution in [0.25, 0.3) is 0 Å². The first-order valence-corrected chi connectivity index (χ1v) is 7.15. The molecular formula is C15H16Cl2N2O. The number of pyridine rings is 1. The molecule has 0 radical (unpaired) electrons. The maximum Gasteiger partial charge on any atom is 0.137 e. The predicted octanol–water partition coefficient (Wildman–Crippen LogP) is 4.23. The van der Waals surface area contributed by atoms with Gasteiger partial charge in [-0.2, -0.15) is 0 Å². The van der Waals surface area contributed by atoms with E-state index in [1.165, 1.54) is 0 Å². The van der Waals surface area contributed by atoms with Crippen LogP contribution in [-0.4, -0.2) is 11.6 Å². The fourth-order valence-electron chi connectivity index (χ4n) is 1.84. The van der Waals surface area contributed by atoms with Crippen molar-refractivity contribution in [1.82, 2.24) is 4.98 Å². The third kappa shape index (κ3) is 3.63. The lowest BCUT2D eigenvalue weighted by atomic mass is 10.0. The highest BCUT2D eigenvalue weighted by molar-refractivity contribution is 6.33. The van der Waals surface area contributed by atoms with Gasteiger partial charge in [-0.1, -0.05) is 30.1 Å². The number of hydrogen-bond donors (Lipinski definition) is 1. The minimum absolute atomic E-state index is 0.390. The average molecular weight is 311 g/mol. The van der Waals surface area contributed by atoms with E-state index < -0.39 is 0 Å². The first-order valence-electron chi connectivity index (χ1n) is 6.40. The molecule has 1 aromatic carbocycles. The van der Waals surface area contributed by atoms with Gasteiger partial charge in [0, 0.05) is 16.2 Å². The minimum Gasteiger partial charge on any atom is -0.492 e. The molecule has 2 N–H and O–H groups in total. The quantitative estimate of drug-likeness (QED) is 0.899. The number of hydrogen-bond acceptors (Lipinski definition) is 3. The topological polar surface area (TPSA) is 48.1 Å². The van der Waals surface area contributed by atoms with Gasteiger partial charge in [0.15, 0.2) is 0 Å². The standard InChI is InChI=1S/C15H16Cl2N2O/c1-2-5-20-12-6-10(8-19-9-12)15(18)13-7-11(16)3-4-14(13)17/h3-4,6-9,15H,2,5,18H2,1H3. The Balaban J connectivity index is 2.28. The second kappa shape index (κ2) is 6.93. The van der Waals surface area contributed by atoms with Crippen LogP contribution in [-0.2, 0) is 0 Å². The number of ether oxygens (including phenoxy) is 1. The van der Waals surface area contributed by atoms with Gasteiger partial charge in [0.1, 0.15) is 5.75 Å². The summed E-state index contributed by atoms with van der Waals surface area (Å²) < 4.78 is 5.56. The number of nitrogens with zero attached hydrogens (tertiary/aromatic N) is 1. The Morgan fingerprint density at radius 1 is 1.25 bits per heavy atom. The van der Waals surface area contributed by atoms with Crippen LogP contribution >= 0.6 is 23.2 Å². The van der Waals surface area contributed by atoms with Crippen LogP contribution in [0.2, 0.25) is 10.0 Å². The van der Waals surface area contributed by atoms with Gasteiger partial charge >= 0.3 is 0 Å². The SMILES string of the molecule is CCCOc1cncc(C(N)c2cc(Cl)ccc2Cl)c1. The van der Waals surface area contributed by atoms with E-state index in [0.717, 1.165) is 17.5 Å². The molecule has 1 atom stereocenters. The van der Waals surface area contributed by atoms with Crippen molar-refractivity contribution in [2.45, 2.75) is 19.4 Å². The van der Waals surface area contributed by atoms with E-state index in [4.69, 9.17) is 33.7 Å². The molecule has 20 heavy (non-hydrogen) atoms. The number of halogens is 2. The van der Waals surface area contributed by atoms with Crippen molar-refractivity contribution in [3.8, 4) is 5.75 Å². The third-order valence-corrected chi connectivity index (χ3v) is 3.44. The number of rotatable bonds is 5. The molecule has 0 spiro atoms. The molecule has 0 aliphatic rings. The summed E-state index contributed by atoms with van der Waals surface area (Å²) in [5, 5.41) is 1.19. The van der Waals surface area contributed by atoms with Crippen molar-refractivity contribution in [3.63, 3.8) is 0 Å². The summed E-state index contributed by atoms with van der Waals surface area (Å²) in [7, 11) is 0. The van der Waals surface area contributed by atoms with Gasteiger partial charge in [-0.15, -0.1) is 0 Å². The monoisotopic (exact) mass is 310 g/mol. The van der Waals surface area contributed by atoms with E-state index in [2.05, 4.69) is 11.9 Å². The normalized spacial score (nSPS) is 12.2. The van der Waals surface area contributed by atoms with Crippen LogP contribution in [0.15, 0.2) is 36.7 Å². The lowest BCUT2D eigenvalue weighted by Crippen LogP contribution is -2.13. The largest absolute Gasteiger partial charge is 0.492 e. The van der Waals surface area contributed by atoms with E-state index >= 15 is 0 Å². The predicted molar refractivity (Wildman–Crippen MR) is 82.5 cm³/mol. The van der Waals surface area contributed by atoms with Crippen molar-refractivity contribution in [2.24, 2.45) is 5.73 Å². The summed E-state index contributed by atoms with van der Waals surface area (Å²) in [6.45, 7) is 2.70.